The lowest BCUT2D eigenvalue weighted by molar-refractivity contribution is -0.136. The van der Waals surface area contributed by atoms with E-state index in [4.69, 9.17) is 10.5 Å². The number of nitrogens with zero attached hydrogens (tertiary/aromatic N) is 3. The Hall–Kier alpha value is -3.44. The third kappa shape index (κ3) is 9.32. The number of para-hydroxylation sites is 1. The van der Waals surface area contributed by atoms with Gasteiger partial charge in [-0.2, -0.15) is 4.31 Å². The number of ether oxygens (including phenoxy) is 1. The highest BCUT2D eigenvalue weighted by Crippen LogP contribution is 2.61. The van der Waals surface area contributed by atoms with E-state index in [9.17, 15) is 13.2 Å². The van der Waals surface area contributed by atoms with E-state index < -0.39 is 16.1 Å². The fraction of sp³-hybridized carbons (Fsp3) is 0.568. The predicted octanol–water partition coefficient (Wildman–Crippen LogP) is 7.52. The van der Waals surface area contributed by atoms with Gasteiger partial charge in [0, 0.05) is 49.5 Å². The van der Waals surface area contributed by atoms with Gasteiger partial charge in [-0.25, -0.2) is 8.42 Å². The number of likely N-dealkylation sites (N-methyl/N-ethyl adjacent to an activating group) is 1. The Morgan fingerprint density at radius 3 is 2.37 bits per heavy atom. The van der Waals surface area contributed by atoms with E-state index in [0.29, 0.717) is 48.4 Å². The molecule has 6 atom stereocenters. The zero-order valence-electron chi connectivity index (χ0n) is 33.7. The van der Waals surface area contributed by atoms with E-state index in [0.717, 1.165) is 47.6 Å². The summed E-state index contributed by atoms with van der Waals surface area (Å²) in [6.07, 6.45) is 3.50. The van der Waals surface area contributed by atoms with E-state index in [1.54, 1.807) is 0 Å². The smallest absolute Gasteiger partial charge is 0.238 e. The van der Waals surface area contributed by atoms with Gasteiger partial charge in [-0.05, 0) is 110 Å². The number of nitrogens with two attached hydrogens (primary N) is 1. The molecule has 294 valence electrons. The average molecular weight is 758 g/mol. The van der Waals surface area contributed by atoms with Gasteiger partial charge < -0.3 is 20.7 Å². The molecular formula is C44H63N5O4S. The first-order chi connectivity index (χ1) is 25.4. The summed E-state index contributed by atoms with van der Waals surface area (Å²) in [6.45, 7) is 16.2. The minimum absolute atomic E-state index is 0.00603. The number of nitrogens with one attached hydrogen (secondary N) is 1. The van der Waals surface area contributed by atoms with Gasteiger partial charge in [-0.3, -0.25) is 9.69 Å². The summed E-state index contributed by atoms with van der Waals surface area (Å²) in [7, 11) is 0.663. The highest BCUT2D eigenvalue weighted by atomic mass is 32.2. The fourth-order valence-corrected chi connectivity index (χ4v) is 11.1. The lowest BCUT2D eigenvalue weighted by Crippen LogP contribution is -2.61. The Kier molecular flexibility index (Phi) is 11.9. The van der Waals surface area contributed by atoms with E-state index in [1.807, 2.05) is 48.5 Å². The number of hydrogen-bond acceptors (Lipinski definition) is 7. The minimum atomic E-state index is -3.58. The van der Waals surface area contributed by atoms with Gasteiger partial charge in [0.15, 0.2) is 0 Å². The van der Waals surface area contributed by atoms with E-state index >= 15 is 0 Å². The molecule has 1 heterocycles. The van der Waals surface area contributed by atoms with Crippen molar-refractivity contribution in [1.82, 2.24) is 19.4 Å². The Balaban J connectivity index is 1.22. The second-order valence-corrected chi connectivity index (χ2v) is 20.5. The van der Waals surface area contributed by atoms with Crippen LogP contribution in [0.2, 0.25) is 0 Å². The van der Waals surface area contributed by atoms with Crippen LogP contribution >= 0.6 is 0 Å². The van der Waals surface area contributed by atoms with Gasteiger partial charge in [-0.1, -0.05) is 84.0 Å². The summed E-state index contributed by atoms with van der Waals surface area (Å²) in [5.74, 6) is 2.96. The Bertz CT molecular complexity index is 1870. The number of carbonyl (C=O) groups is 1. The van der Waals surface area contributed by atoms with E-state index in [-0.39, 0.29) is 35.7 Å². The molecule has 1 unspecified atom stereocenters. The van der Waals surface area contributed by atoms with Gasteiger partial charge in [0.1, 0.15) is 17.5 Å². The molecule has 4 aliphatic rings. The summed E-state index contributed by atoms with van der Waals surface area (Å²) >= 11 is 0. The molecule has 3 aromatic rings. The molecule has 3 aliphatic carbocycles. The highest BCUT2D eigenvalue weighted by Gasteiger charge is 2.56. The maximum atomic E-state index is 13.8. The quantitative estimate of drug-likeness (QED) is 0.164. The molecule has 7 rings (SSSR count). The molecule has 1 amide bonds. The van der Waals surface area contributed by atoms with Crippen LogP contribution < -0.4 is 15.8 Å². The number of carbonyl (C=O) groups excluding carboxylic acids is 1. The maximum Gasteiger partial charge on any atom is 0.238 e. The summed E-state index contributed by atoms with van der Waals surface area (Å²) in [6, 6.07) is 23.5. The first-order valence-electron chi connectivity index (χ1n) is 19.8. The summed E-state index contributed by atoms with van der Waals surface area (Å²) < 4.78 is 34.8. The molecular weight excluding hydrogens is 695 g/mol. The second-order valence-electron chi connectivity index (χ2n) is 18.4. The molecule has 3 aromatic carbocycles. The normalized spacial score (nSPS) is 25.3. The van der Waals surface area contributed by atoms with Gasteiger partial charge in [0.05, 0.1) is 5.75 Å². The van der Waals surface area contributed by atoms with Crippen LogP contribution in [0, 0.1) is 28.6 Å². The molecule has 0 radical (unpaired) electrons. The lowest BCUT2D eigenvalue weighted by Gasteiger charge is -2.62. The first-order valence-corrected chi connectivity index (χ1v) is 21.4. The van der Waals surface area contributed by atoms with Crippen molar-refractivity contribution >= 4 is 21.6 Å². The van der Waals surface area contributed by atoms with Crippen LogP contribution in [0.3, 0.4) is 0 Å². The standard InChI is InChI=1S/C44H63N5O4S/c1-30-38-23-34(44(38,5)6)24-39(30)46-42(50)40-20-21-54(51,52)49(40)27-32-13-11-12-31(22-32)26-48(36(29-47(7)8)25-43(2,3)4)28-33-14-9-10-15-41(33)53-37-18-16-35(45)17-19-37/h9-19,22,30,34,36,38-40H,20-21,23-29,45H2,1-8H3,(H,46,50)/t30-,34+,36-,38-,39-,40?/m0/s1. The third-order valence-corrected chi connectivity index (χ3v) is 14.3. The van der Waals surface area contributed by atoms with E-state index in [1.165, 1.54) is 10.7 Å². The Labute approximate surface area is 324 Å². The average Bonchev–Trinajstić information content (AvgIpc) is 3.39. The van der Waals surface area contributed by atoms with Crippen LogP contribution in [0.25, 0.3) is 0 Å². The Morgan fingerprint density at radius 1 is 1.00 bits per heavy atom. The summed E-state index contributed by atoms with van der Waals surface area (Å²) in [5, 5.41) is 3.32. The molecule has 0 aromatic heterocycles. The zero-order valence-corrected chi connectivity index (χ0v) is 34.5. The number of amides is 1. The molecule has 1 saturated heterocycles. The monoisotopic (exact) mass is 757 g/mol. The molecule has 10 heteroatoms. The largest absolute Gasteiger partial charge is 0.457 e. The second kappa shape index (κ2) is 16.0. The molecule has 4 fully saturated rings. The van der Waals surface area contributed by atoms with Crippen LogP contribution in [0.15, 0.2) is 72.8 Å². The topological polar surface area (TPSA) is 108 Å². The van der Waals surface area contributed by atoms with Crippen molar-refractivity contribution < 1.29 is 17.9 Å². The minimum Gasteiger partial charge on any atom is -0.457 e. The molecule has 54 heavy (non-hydrogen) atoms. The number of nitrogen functional groups attached to an aromatic ring is 1. The molecule has 2 bridgehead atoms. The number of anilines is 1. The van der Waals surface area contributed by atoms with Crippen molar-refractivity contribution in [3.63, 3.8) is 0 Å². The fourth-order valence-electron chi connectivity index (χ4n) is 9.41. The van der Waals surface area contributed by atoms with Crippen molar-refractivity contribution in [2.24, 2.45) is 28.6 Å². The van der Waals surface area contributed by atoms with E-state index in [2.05, 4.69) is 95.0 Å². The van der Waals surface area contributed by atoms with Gasteiger partial charge in [-0.15, -0.1) is 0 Å². The van der Waals surface area contributed by atoms with Crippen LogP contribution in [0.5, 0.6) is 11.5 Å². The van der Waals surface area contributed by atoms with Crippen molar-refractivity contribution in [2.75, 3.05) is 32.1 Å². The van der Waals surface area contributed by atoms with Gasteiger partial charge in [0.25, 0.3) is 0 Å². The number of benzene rings is 3. The van der Waals surface area contributed by atoms with Gasteiger partial charge in [0.2, 0.25) is 15.9 Å². The number of fused-ring (bicyclic) bond motifs is 2. The zero-order chi connectivity index (χ0) is 39.0. The number of rotatable bonds is 14. The number of sulfonamides is 1. The molecule has 0 spiro atoms. The number of hydrogen-bond donors (Lipinski definition) is 2. The molecule has 1 aliphatic heterocycles. The molecule has 9 nitrogen and oxygen atoms in total. The van der Waals surface area contributed by atoms with Gasteiger partial charge >= 0.3 is 0 Å². The van der Waals surface area contributed by atoms with Crippen LogP contribution in [0.4, 0.5) is 5.69 Å². The third-order valence-electron chi connectivity index (χ3n) is 12.4. The first kappa shape index (κ1) is 40.2. The lowest BCUT2D eigenvalue weighted by atomic mass is 9.45. The van der Waals surface area contributed by atoms with Crippen molar-refractivity contribution in [1.29, 1.82) is 0 Å². The van der Waals surface area contributed by atoms with Crippen molar-refractivity contribution in [3.05, 3.63) is 89.5 Å². The van der Waals surface area contributed by atoms with Crippen LogP contribution in [-0.4, -0.2) is 72.9 Å². The molecule has 3 saturated carbocycles. The molecule has 3 N–H and O–H groups in total. The summed E-state index contributed by atoms with van der Waals surface area (Å²) in [4.78, 5) is 18.6. The van der Waals surface area contributed by atoms with Crippen molar-refractivity contribution in [2.45, 2.75) is 105 Å². The summed E-state index contributed by atoms with van der Waals surface area (Å²) in [5.41, 5.74) is 10.1. The Morgan fingerprint density at radius 2 is 1.70 bits per heavy atom. The van der Waals surface area contributed by atoms with Crippen LogP contribution in [-0.2, 0) is 34.5 Å². The SMILES string of the molecule is C[C@@H]1[C@@H](NC(=O)C2CCS(=O)(=O)N2Cc2cccc(CN(Cc3ccccc3Oc3ccc(N)cc3)[C@H](CN(C)C)CC(C)(C)C)c2)C[C@H]2C[C@@H]1C2(C)C. The predicted molar refractivity (Wildman–Crippen MR) is 218 cm³/mol. The maximum absolute atomic E-state index is 13.8. The van der Waals surface area contributed by atoms with Crippen molar-refractivity contribution in [3.8, 4) is 11.5 Å². The van der Waals surface area contributed by atoms with Crippen LogP contribution in [0.1, 0.15) is 83.9 Å². The highest BCUT2D eigenvalue weighted by molar-refractivity contribution is 7.89.